The minimum Gasteiger partial charge on any atom is -0.354 e. The standard InChI is InChI=1S/C18H19N7O2S2/c1-12(25-15(20-21-17(25)28)13-6-4-11-29-13)16(26)19-8-5-10-24-18(27)23-9-3-2-7-14(23)22-24/h2-4,6-7,9,11-12H,5,8,10H2,1H3,(H,19,26)(H,21,28). The number of nitrogens with one attached hydrogen (secondary N) is 2. The molecule has 0 aliphatic heterocycles. The van der Waals surface area contributed by atoms with E-state index in [9.17, 15) is 9.59 Å². The Morgan fingerprint density at radius 1 is 1.34 bits per heavy atom. The van der Waals surface area contributed by atoms with Gasteiger partial charge in [-0.15, -0.1) is 16.4 Å². The van der Waals surface area contributed by atoms with Crippen molar-refractivity contribution in [3.05, 3.63) is 57.2 Å². The van der Waals surface area contributed by atoms with E-state index in [1.165, 1.54) is 20.4 Å². The lowest BCUT2D eigenvalue weighted by molar-refractivity contribution is -0.123. The van der Waals surface area contributed by atoms with Crippen molar-refractivity contribution < 1.29 is 4.79 Å². The Labute approximate surface area is 174 Å². The number of hydrogen-bond donors (Lipinski definition) is 2. The van der Waals surface area contributed by atoms with E-state index in [-0.39, 0.29) is 11.6 Å². The zero-order chi connectivity index (χ0) is 20.4. The topological polar surface area (TPSA) is 102 Å². The molecule has 4 aromatic heterocycles. The number of nitrogens with zero attached hydrogens (tertiary/aromatic N) is 5. The van der Waals surface area contributed by atoms with E-state index < -0.39 is 6.04 Å². The fourth-order valence-electron chi connectivity index (χ4n) is 3.06. The number of aryl methyl sites for hydroxylation is 1. The first-order valence-corrected chi connectivity index (χ1v) is 10.4. The second-order valence-corrected chi connectivity index (χ2v) is 7.79. The second-order valence-electron chi connectivity index (χ2n) is 6.45. The fraction of sp³-hybridized carbons (Fsp3) is 0.278. The van der Waals surface area contributed by atoms with Gasteiger partial charge in [0.2, 0.25) is 5.91 Å². The van der Waals surface area contributed by atoms with Crippen LogP contribution in [0.5, 0.6) is 0 Å². The first kappa shape index (κ1) is 19.3. The molecule has 0 aliphatic rings. The summed E-state index contributed by atoms with van der Waals surface area (Å²) in [5.74, 6) is 0.478. The molecule has 0 aliphatic carbocycles. The van der Waals surface area contributed by atoms with Crippen molar-refractivity contribution in [3.63, 3.8) is 0 Å². The van der Waals surface area contributed by atoms with Crippen LogP contribution in [0.25, 0.3) is 16.3 Å². The molecule has 1 amide bonds. The summed E-state index contributed by atoms with van der Waals surface area (Å²) in [6.07, 6.45) is 2.27. The summed E-state index contributed by atoms with van der Waals surface area (Å²) >= 11 is 6.84. The molecule has 4 aromatic rings. The van der Waals surface area contributed by atoms with Gasteiger partial charge in [0.05, 0.1) is 4.88 Å². The van der Waals surface area contributed by atoms with E-state index in [0.717, 1.165) is 4.88 Å². The number of H-pyrrole nitrogens is 1. The van der Waals surface area contributed by atoms with Crippen LogP contribution >= 0.6 is 23.6 Å². The number of thiophene rings is 1. The predicted octanol–water partition coefficient (Wildman–Crippen LogP) is 2.25. The molecule has 0 spiro atoms. The monoisotopic (exact) mass is 429 g/mol. The van der Waals surface area contributed by atoms with Gasteiger partial charge >= 0.3 is 5.69 Å². The van der Waals surface area contributed by atoms with E-state index in [1.807, 2.05) is 23.6 Å². The van der Waals surface area contributed by atoms with Crippen LogP contribution in [0.1, 0.15) is 19.4 Å². The fourth-order valence-corrected chi connectivity index (χ4v) is 4.06. The third-order valence-corrected chi connectivity index (χ3v) is 5.70. The molecule has 9 nitrogen and oxygen atoms in total. The number of hydrogen-bond acceptors (Lipinski definition) is 6. The summed E-state index contributed by atoms with van der Waals surface area (Å²) < 4.78 is 5.01. The third-order valence-electron chi connectivity index (χ3n) is 4.55. The molecule has 0 fully saturated rings. The van der Waals surface area contributed by atoms with Crippen molar-refractivity contribution in [1.29, 1.82) is 0 Å². The molecule has 0 saturated heterocycles. The zero-order valence-corrected chi connectivity index (χ0v) is 17.2. The van der Waals surface area contributed by atoms with E-state index in [1.54, 1.807) is 29.8 Å². The Morgan fingerprint density at radius 3 is 2.97 bits per heavy atom. The maximum absolute atomic E-state index is 12.6. The number of fused-ring (bicyclic) bond motifs is 1. The lowest BCUT2D eigenvalue weighted by atomic mass is 10.3. The van der Waals surface area contributed by atoms with Crippen molar-refractivity contribution in [2.75, 3.05) is 6.54 Å². The number of rotatable bonds is 7. The van der Waals surface area contributed by atoms with Gasteiger partial charge in [-0.05, 0) is 49.1 Å². The van der Waals surface area contributed by atoms with Crippen molar-refractivity contribution >= 4 is 35.1 Å². The highest BCUT2D eigenvalue weighted by molar-refractivity contribution is 7.71. The Morgan fingerprint density at radius 2 is 2.21 bits per heavy atom. The molecular weight excluding hydrogens is 410 g/mol. The molecule has 0 aromatic carbocycles. The summed E-state index contributed by atoms with van der Waals surface area (Å²) in [7, 11) is 0. The molecule has 1 unspecified atom stereocenters. The smallest absolute Gasteiger partial charge is 0.350 e. The van der Waals surface area contributed by atoms with E-state index in [0.29, 0.717) is 35.8 Å². The lowest BCUT2D eigenvalue weighted by Crippen LogP contribution is -2.33. The highest BCUT2D eigenvalue weighted by Crippen LogP contribution is 2.25. The molecule has 0 bridgehead atoms. The quantitative estimate of drug-likeness (QED) is 0.347. The summed E-state index contributed by atoms with van der Waals surface area (Å²) in [6, 6.07) is 8.74. The molecule has 1 atom stereocenters. The SMILES string of the molecule is CC(C(=O)NCCCn1nc2ccccn2c1=O)n1c(-c2cccs2)n[nH]c1=S. The lowest BCUT2D eigenvalue weighted by Gasteiger charge is -2.15. The summed E-state index contributed by atoms with van der Waals surface area (Å²) in [4.78, 5) is 25.8. The highest BCUT2D eigenvalue weighted by atomic mass is 32.1. The maximum atomic E-state index is 12.6. The van der Waals surface area contributed by atoms with Gasteiger partial charge in [-0.2, -0.15) is 5.10 Å². The number of aromatic nitrogens is 6. The summed E-state index contributed by atoms with van der Waals surface area (Å²) in [5.41, 5.74) is 0.413. The molecule has 4 heterocycles. The zero-order valence-electron chi connectivity index (χ0n) is 15.6. The van der Waals surface area contributed by atoms with Crippen LogP contribution in [0.3, 0.4) is 0 Å². The Kier molecular flexibility index (Phi) is 5.41. The summed E-state index contributed by atoms with van der Waals surface area (Å²) in [6.45, 7) is 2.62. The largest absolute Gasteiger partial charge is 0.354 e. The van der Waals surface area contributed by atoms with Crippen molar-refractivity contribution in [1.82, 2.24) is 34.3 Å². The molecule has 150 valence electrons. The van der Waals surface area contributed by atoms with Gasteiger partial charge in [0.1, 0.15) is 6.04 Å². The van der Waals surface area contributed by atoms with Crippen molar-refractivity contribution in [2.45, 2.75) is 25.9 Å². The molecule has 2 N–H and O–H groups in total. The average Bonchev–Trinajstić information content (AvgIpc) is 3.44. The Bertz CT molecular complexity index is 1250. The first-order valence-electron chi connectivity index (χ1n) is 9.09. The first-order chi connectivity index (χ1) is 14.1. The predicted molar refractivity (Wildman–Crippen MR) is 113 cm³/mol. The maximum Gasteiger partial charge on any atom is 0.350 e. The Balaban J connectivity index is 1.38. The number of aromatic amines is 1. The minimum atomic E-state index is -0.517. The van der Waals surface area contributed by atoms with Crippen LogP contribution in [-0.4, -0.2) is 41.4 Å². The normalized spacial score (nSPS) is 12.3. The van der Waals surface area contributed by atoms with E-state index >= 15 is 0 Å². The van der Waals surface area contributed by atoms with Crippen LogP contribution in [0.4, 0.5) is 0 Å². The number of pyridine rings is 1. The number of amides is 1. The van der Waals surface area contributed by atoms with Crippen molar-refractivity contribution in [2.24, 2.45) is 0 Å². The van der Waals surface area contributed by atoms with Gasteiger partial charge in [-0.25, -0.2) is 9.48 Å². The van der Waals surface area contributed by atoms with Crippen LogP contribution < -0.4 is 11.0 Å². The number of carbonyl (C=O) groups excluding carboxylic acids is 1. The van der Waals surface area contributed by atoms with Crippen LogP contribution in [-0.2, 0) is 11.3 Å². The van der Waals surface area contributed by atoms with E-state index in [2.05, 4.69) is 20.6 Å². The van der Waals surface area contributed by atoms with Crippen LogP contribution in [0, 0.1) is 4.77 Å². The minimum absolute atomic E-state index is 0.164. The van der Waals surface area contributed by atoms with Gasteiger partial charge in [-0.3, -0.25) is 18.9 Å². The van der Waals surface area contributed by atoms with Crippen LogP contribution in [0.15, 0.2) is 46.7 Å². The Hall–Kier alpha value is -3.05. The number of carbonyl (C=O) groups is 1. The van der Waals surface area contributed by atoms with Gasteiger partial charge in [-0.1, -0.05) is 12.1 Å². The molecular formula is C18H19N7O2S2. The van der Waals surface area contributed by atoms with Crippen molar-refractivity contribution in [3.8, 4) is 10.7 Å². The van der Waals surface area contributed by atoms with Gasteiger partial charge in [0.25, 0.3) is 0 Å². The highest BCUT2D eigenvalue weighted by Gasteiger charge is 2.21. The van der Waals surface area contributed by atoms with Gasteiger partial charge < -0.3 is 5.32 Å². The molecule has 4 rings (SSSR count). The third kappa shape index (κ3) is 3.78. The van der Waals surface area contributed by atoms with Gasteiger partial charge in [0, 0.05) is 19.3 Å². The second kappa shape index (κ2) is 8.13. The molecule has 0 saturated carbocycles. The molecule has 0 radical (unpaired) electrons. The molecule has 29 heavy (non-hydrogen) atoms. The molecule has 11 heteroatoms. The summed E-state index contributed by atoms with van der Waals surface area (Å²) in [5, 5.41) is 16.1. The average molecular weight is 430 g/mol. The van der Waals surface area contributed by atoms with Crippen LogP contribution in [0.2, 0.25) is 0 Å². The van der Waals surface area contributed by atoms with E-state index in [4.69, 9.17) is 12.2 Å². The van der Waals surface area contributed by atoms with Gasteiger partial charge in [0.15, 0.2) is 16.2 Å².